The van der Waals surface area contributed by atoms with Gasteiger partial charge in [-0.25, -0.2) is 4.39 Å². The van der Waals surface area contributed by atoms with Gasteiger partial charge in [-0.15, -0.1) is 11.3 Å². The zero-order valence-electron chi connectivity index (χ0n) is 19.0. The van der Waals surface area contributed by atoms with Crippen LogP contribution in [0, 0.1) is 5.82 Å². The first-order chi connectivity index (χ1) is 17.2. The fourth-order valence-electron chi connectivity index (χ4n) is 4.69. The number of rotatable bonds is 4. The van der Waals surface area contributed by atoms with Gasteiger partial charge in [0, 0.05) is 34.2 Å². The van der Waals surface area contributed by atoms with Gasteiger partial charge < -0.3 is 19.1 Å². The SMILES string of the molecule is O=C(c1ccccc1F)N1CCOc2c(cc(-c3csc4ccccc34)cc2OC2CCOC2)C1. The molecule has 1 atom stereocenters. The Morgan fingerprint density at radius 2 is 1.94 bits per heavy atom. The van der Waals surface area contributed by atoms with Crippen LogP contribution in [-0.2, 0) is 11.3 Å². The average Bonchev–Trinajstić information content (AvgIpc) is 3.49. The maximum absolute atomic E-state index is 14.4. The Morgan fingerprint density at radius 1 is 1.09 bits per heavy atom. The van der Waals surface area contributed by atoms with Crippen LogP contribution in [0.4, 0.5) is 4.39 Å². The lowest BCUT2D eigenvalue weighted by Crippen LogP contribution is -2.33. The van der Waals surface area contributed by atoms with Gasteiger partial charge in [0.1, 0.15) is 18.5 Å². The van der Waals surface area contributed by atoms with Crippen molar-refractivity contribution < 1.29 is 23.4 Å². The molecular weight excluding hydrogens is 465 g/mol. The van der Waals surface area contributed by atoms with Crippen molar-refractivity contribution in [2.75, 3.05) is 26.4 Å². The number of amides is 1. The van der Waals surface area contributed by atoms with E-state index in [0.717, 1.165) is 23.1 Å². The molecule has 0 aliphatic carbocycles. The van der Waals surface area contributed by atoms with Gasteiger partial charge >= 0.3 is 0 Å². The molecule has 1 unspecified atom stereocenters. The molecule has 6 rings (SSSR count). The van der Waals surface area contributed by atoms with E-state index in [-0.39, 0.29) is 17.6 Å². The summed E-state index contributed by atoms with van der Waals surface area (Å²) in [4.78, 5) is 14.9. The van der Waals surface area contributed by atoms with Crippen LogP contribution in [0.15, 0.2) is 66.0 Å². The van der Waals surface area contributed by atoms with Crippen LogP contribution in [0.5, 0.6) is 11.5 Å². The highest BCUT2D eigenvalue weighted by Gasteiger charge is 2.28. The second-order valence-electron chi connectivity index (χ2n) is 8.77. The van der Waals surface area contributed by atoms with Crippen LogP contribution in [0.2, 0.25) is 0 Å². The topological polar surface area (TPSA) is 48.0 Å². The molecule has 0 spiro atoms. The maximum atomic E-state index is 14.4. The first-order valence-electron chi connectivity index (χ1n) is 11.7. The van der Waals surface area contributed by atoms with Crippen molar-refractivity contribution in [1.82, 2.24) is 4.90 Å². The van der Waals surface area contributed by atoms with E-state index in [2.05, 4.69) is 23.6 Å². The fraction of sp³-hybridized carbons (Fsp3) is 0.250. The average molecular weight is 490 g/mol. The number of benzene rings is 3. The summed E-state index contributed by atoms with van der Waals surface area (Å²) in [5.74, 6) is 0.428. The summed E-state index contributed by atoms with van der Waals surface area (Å²) in [7, 11) is 0. The molecule has 0 radical (unpaired) electrons. The predicted octanol–water partition coefficient (Wildman–Crippen LogP) is 5.91. The highest BCUT2D eigenvalue weighted by molar-refractivity contribution is 7.17. The normalized spacial score (nSPS) is 17.6. The third-order valence-corrected chi connectivity index (χ3v) is 7.43. The van der Waals surface area contributed by atoms with Crippen molar-refractivity contribution in [3.8, 4) is 22.6 Å². The van der Waals surface area contributed by atoms with E-state index >= 15 is 0 Å². The number of carbonyl (C=O) groups is 1. The summed E-state index contributed by atoms with van der Waals surface area (Å²) in [5, 5.41) is 3.32. The number of nitrogens with zero attached hydrogens (tertiary/aromatic N) is 1. The quantitative estimate of drug-likeness (QED) is 0.358. The molecule has 0 N–H and O–H groups in total. The first-order valence-corrected chi connectivity index (χ1v) is 12.6. The Hall–Kier alpha value is -3.42. The first kappa shape index (κ1) is 22.1. The molecule has 3 aromatic carbocycles. The number of hydrogen-bond acceptors (Lipinski definition) is 5. The molecule has 1 saturated heterocycles. The van der Waals surface area contributed by atoms with Gasteiger partial charge in [-0.3, -0.25) is 4.79 Å². The monoisotopic (exact) mass is 489 g/mol. The molecule has 1 amide bonds. The predicted molar refractivity (Wildman–Crippen MR) is 134 cm³/mol. The lowest BCUT2D eigenvalue weighted by molar-refractivity contribution is 0.0728. The minimum Gasteiger partial charge on any atom is -0.487 e. The molecule has 4 aromatic rings. The molecule has 2 aliphatic rings. The molecule has 0 bridgehead atoms. The van der Waals surface area contributed by atoms with E-state index in [1.54, 1.807) is 28.4 Å². The van der Waals surface area contributed by atoms with Gasteiger partial charge in [0.25, 0.3) is 5.91 Å². The molecule has 3 heterocycles. The molecule has 178 valence electrons. The van der Waals surface area contributed by atoms with Crippen molar-refractivity contribution in [2.45, 2.75) is 19.1 Å². The van der Waals surface area contributed by atoms with E-state index in [1.807, 2.05) is 18.2 Å². The number of hydrogen-bond donors (Lipinski definition) is 0. The van der Waals surface area contributed by atoms with Gasteiger partial charge in [-0.1, -0.05) is 30.3 Å². The summed E-state index contributed by atoms with van der Waals surface area (Å²) in [6.45, 7) is 2.16. The van der Waals surface area contributed by atoms with Gasteiger partial charge in [-0.05, 0) is 41.3 Å². The minimum absolute atomic E-state index is 0.0448. The number of thiophene rings is 1. The van der Waals surface area contributed by atoms with Crippen LogP contribution < -0.4 is 9.47 Å². The summed E-state index contributed by atoms with van der Waals surface area (Å²) >= 11 is 1.70. The summed E-state index contributed by atoms with van der Waals surface area (Å²) in [5.41, 5.74) is 3.01. The van der Waals surface area contributed by atoms with Crippen molar-refractivity contribution in [2.24, 2.45) is 0 Å². The Kier molecular flexibility index (Phi) is 5.88. The summed E-state index contributed by atoms with van der Waals surface area (Å²) in [6, 6.07) is 18.5. The standard InChI is InChI=1S/C28H24FNO4S/c29-24-7-3-1-6-22(24)28(31)30-10-12-33-27-19(15-30)13-18(14-25(27)34-20-9-11-32-16-20)23-17-35-26-8-4-2-5-21(23)26/h1-8,13-14,17,20H,9-12,15-16H2. The lowest BCUT2D eigenvalue weighted by Gasteiger charge is -2.21. The van der Waals surface area contributed by atoms with Crippen LogP contribution in [0.3, 0.4) is 0 Å². The Labute approximate surface area is 206 Å². The third-order valence-electron chi connectivity index (χ3n) is 6.47. The van der Waals surface area contributed by atoms with Gasteiger partial charge in [0.2, 0.25) is 0 Å². The summed E-state index contributed by atoms with van der Waals surface area (Å²) in [6.07, 6.45) is 0.773. The number of carbonyl (C=O) groups excluding carboxylic acids is 1. The van der Waals surface area contributed by atoms with Crippen LogP contribution in [0.1, 0.15) is 22.3 Å². The van der Waals surface area contributed by atoms with Crippen molar-refractivity contribution >= 4 is 27.3 Å². The van der Waals surface area contributed by atoms with Crippen molar-refractivity contribution in [1.29, 1.82) is 0 Å². The van der Waals surface area contributed by atoms with E-state index in [1.165, 1.54) is 22.2 Å². The van der Waals surface area contributed by atoms with Crippen LogP contribution >= 0.6 is 11.3 Å². The number of halogens is 1. The second-order valence-corrected chi connectivity index (χ2v) is 9.68. The Morgan fingerprint density at radius 3 is 2.80 bits per heavy atom. The zero-order chi connectivity index (χ0) is 23.8. The van der Waals surface area contributed by atoms with Crippen LogP contribution in [0.25, 0.3) is 21.2 Å². The molecule has 7 heteroatoms. The fourth-order valence-corrected chi connectivity index (χ4v) is 5.66. The molecule has 35 heavy (non-hydrogen) atoms. The van der Waals surface area contributed by atoms with Crippen molar-refractivity contribution in [3.05, 3.63) is 83.0 Å². The number of fused-ring (bicyclic) bond motifs is 2. The van der Waals surface area contributed by atoms with E-state index in [4.69, 9.17) is 14.2 Å². The molecule has 5 nitrogen and oxygen atoms in total. The highest BCUT2D eigenvalue weighted by Crippen LogP contribution is 2.42. The van der Waals surface area contributed by atoms with E-state index < -0.39 is 5.82 Å². The molecule has 2 aliphatic heterocycles. The Bertz CT molecular complexity index is 1390. The van der Waals surface area contributed by atoms with Gasteiger partial charge in [-0.2, -0.15) is 0 Å². The molecular formula is C28H24FNO4S. The minimum atomic E-state index is -0.522. The van der Waals surface area contributed by atoms with Gasteiger partial charge in [0.15, 0.2) is 11.5 Å². The second kappa shape index (κ2) is 9.32. The lowest BCUT2D eigenvalue weighted by atomic mass is 10.0. The Balaban J connectivity index is 1.42. The van der Waals surface area contributed by atoms with Crippen LogP contribution in [-0.4, -0.2) is 43.3 Å². The van der Waals surface area contributed by atoms with E-state index in [0.29, 0.717) is 44.4 Å². The number of ether oxygens (including phenoxy) is 3. The van der Waals surface area contributed by atoms with Crippen molar-refractivity contribution in [3.63, 3.8) is 0 Å². The zero-order valence-corrected chi connectivity index (χ0v) is 19.9. The van der Waals surface area contributed by atoms with E-state index in [9.17, 15) is 9.18 Å². The smallest absolute Gasteiger partial charge is 0.257 e. The largest absolute Gasteiger partial charge is 0.487 e. The molecule has 1 fully saturated rings. The third kappa shape index (κ3) is 4.26. The van der Waals surface area contributed by atoms with Gasteiger partial charge in [0.05, 0.1) is 25.3 Å². The highest BCUT2D eigenvalue weighted by atomic mass is 32.1. The molecule has 1 aromatic heterocycles. The summed E-state index contributed by atoms with van der Waals surface area (Å²) < 4.78 is 33.6. The maximum Gasteiger partial charge on any atom is 0.257 e. The molecule has 0 saturated carbocycles.